The number of nitrogens with zero attached hydrogens (tertiary/aromatic N) is 4. The predicted octanol–water partition coefficient (Wildman–Crippen LogP) is 7.37. The van der Waals surface area contributed by atoms with Crippen molar-refractivity contribution in [3.05, 3.63) is 82.4 Å². The van der Waals surface area contributed by atoms with E-state index in [1.54, 1.807) is 0 Å². The second-order valence-corrected chi connectivity index (χ2v) is 11.3. The highest BCUT2D eigenvalue weighted by Gasteiger charge is 2.56. The van der Waals surface area contributed by atoms with Gasteiger partial charge in [0.05, 0.1) is 0 Å². The summed E-state index contributed by atoms with van der Waals surface area (Å²) in [6.07, 6.45) is 0.0538. The van der Waals surface area contributed by atoms with Gasteiger partial charge in [-0.2, -0.15) is 0 Å². The van der Waals surface area contributed by atoms with Gasteiger partial charge in [0, 0.05) is 29.9 Å². The Balaban J connectivity index is 1.77. The van der Waals surface area contributed by atoms with Crippen LogP contribution in [-0.2, 0) is 5.41 Å². The van der Waals surface area contributed by atoms with Crippen LogP contribution in [0.5, 0.6) is 0 Å². The van der Waals surface area contributed by atoms with E-state index in [4.69, 9.17) is 9.98 Å². The van der Waals surface area contributed by atoms with Gasteiger partial charge in [0.2, 0.25) is 0 Å². The van der Waals surface area contributed by atoms with Crippen LogP contribution in [0.2, 0.25) is 0 Å². The minimum absolute atomic E-state index is 0.0538. The van der Waals surface area contributed by atoms with Gasteiger partial charge in [-0.1, -0.05) is 50.2 Å². The van der Waals surface area contributed by atoms with Crippen LogP contribution in [-0.4, -0.2) is 30.9 Å². The van der Waals surface area contributed by atoms with Gasteiger partial charge in [-0.05, 0) is 98.7 Å². The Hall–Kier alpha value is -3.40. The fourth-order valence-electron chi connectivity index (χ4n) is 6.22. The van der Waals surface area contributed by atoms with Gasteiger partial charge >= 0.3 is 0 Å². The summed E-state index contributed by atoms with van der Waals surface area (Å²) in [4.78, 5) is 14.9. The van der Waals surface area contributed by atoms with Crippen molar-refractivity contribution >= 4 is 23.0 Å². The van der Waals surface area contributed by atoms with Gasteiger partial charge in [-0.25, -0.2) is 0 Å². The van der Waals surface area contributed by atoms with E-state index in [1.807, 2.05) is 7.05 Å². The van der Waals surface area contributed by atoms with E-state index in [0.717, 1.165) is 11.7 Å². The number of amidine groups is 2. The lowest BCUT2D eigenvalue weighted by molar-refractivity contribution is 0.457. The third kappa shape index (κ3) is 3.66. The highest BCUT2D eigenvalue weighted by Crippen LogP contribution is 2.52. The molecule has 4 nitrogen and oxygen atoms in total. The van der Waals surface area contributed by atoms with Gasteiger partial charge < -0.3 is 9.80 Å². The lowest BCUT2D eigenvalue weighted by Gasteiger charge is -2.35. The highest BCUT2D eigenvalue weighted by atomic mass is 15.5. The van der Waals surface area contributed by atoms with Crippen LogP contribution >= 0.6 is 0 Å². The Morgan fingerprint density at radius 1 is 0.806 bits per heavy atom. The summed E-state index contributed by atoms with van der Waals surface area (Å²) in [5.41, 5.74) is 11.3. The molecule has 1 unspecified atom stereocenters. The topological polar surface area (TPSA) is 31.2 Å². The summed E-state index contributed by atoms with van der Waals surface area (Å²) in [5.74, 6) is 1.90. The quantitative estimate of drug-likeness (QED) is 0.394. The van der Waals surface area contributed by atoms with Crippen molar-refractivity contribution in [3.8, 4) is 11.1 Å². The number of fused-ring (bicyclic) bond motifs is 3. The van der Waals surface area contributed by atoms with Crippen LogP contribution in [0.4, 0.5) is 11.4 Å². The van der Waals surface area contributed by atoms with Crippen molar-refractivity contribution in [1.29, 1.82) is 0 Å². The second kappa shape index (κ2) is 8.62. The molecule has 2 aliphatic rings. The van der Waals surface area contributed by atoms with Crippen LogP contribution in [0.3, 0.4) is 0 Å². The third-order valence-corrected chi connectivity index (χ3v) is 7.59. The van der Waals surface area contributed by atoms with Crippen LogP contribution in [0.25, 0.3) is 11.1 Å². The molecule has 1 fully saturated rings. The summed E-state index contributed by atoms with van der Waals surface area (Å²) >= 11 is 0. The lowest BCUT2D eigenvalue weighted by Crippen LogP contribution is -2.48. The third-order valence-electron chi connectivity index (χ3n) is 7.59. The zero-order valence-corrected chi connectivity index (χ0v) is 23.1. The number of hydrogen-bond donors (Lipinski definition) is 0. The molecule has 0 radical (unpaired) electrons. The molecule has 0 N–H and O–H groups in total. The SMILES string of the molecule is C/N=C1\C(=N/C(C)C)N2c3cc(-c4c(C)cccc4C)ccc3C(C)(C)C2N1c1cc(C)cc(C)c1. The molecule has 2 heterocycles. The van der Waals surface area contributed by atoms with E-state index in [0.29, 0.717) is 0 Å². The standard InChI is InChI=1S/C32H38N4/c1-19(2)34-30-29(33-9)35(25-16-20(3)15-21(4)17-25)31-32(7,8)26-14-13-24(18-27(26)36(30)31)28-22(5)11-10-12-23(28)6/h10-19,31H,1-9H3/b33-29+,34-30+. The normalized spacial score (nSPS) is 20.6. The molecule has 1 atom stereocenters. The fraction of sp³-hybridized carbons (Fsp3) is 0.375. The summed E-state index contributed by atoms with van der Waals surface area (Å²) in [6.45, 7) is 17.7. The van der Waals surface area contributed by atoms with Crippen molar-refractivity contribution in [2.45, 2.75) is 73.0 Å². The molecule has 3 aromatic rings. The van der Waals surface area contributed by atoms with Gasteiger partial charge in [-0.3, -0.25) is 9.98 Å². The van der Waals surface area contributed by atoms with E-state index in [2.05, 4.69) is 120 Å². The monoisotopic (exact) mass is 478 g/mol. The van der Waals surface area contributed by atoms with Gasteiger partial charge in [-0.15, -0.1) is 0 Å². The van der Waals surface area contributed by atoms with Gasteiger partial charge in [0.1, 0.15) is 6.17 Å². The van der Waals surface area contributed by atoms with E-state index in [-0.39, 0.29) is 17.6 Å². The Morgan fingerprint density at radius 2 is 1.44 bits per heavy atom. The lowest BCUT2D eigenvalue weighted by atomic mass is 9.82. The molecule has 2 aliphatic heterocycles. The summed E-state index contributed by atoms with van der Waals surface area (Å²) < 4.78 is 0. The molecule has 4 heteroatoms. The van der Waals surface area contributed by atoms with Gasteiger partial charge in [0.25, 0.3) is 0 Å². The Morgan fingerprint density at radius 3 is 2.03 bits per heavy atom. The van der Waals surface area contributed by atoms with Crippen LogP contribution in [0.15, 0.2) is 64.6 Å². The van der Waals surface area contributed by atoms with Gasteiger partial charge in [0.15, 0.2) is 11.7 Å². The number of benzene rings is 3. The van der Waals surface area contributed by atoms with Crippen molar-refractivity contribution in [1.82, 2.24) is 0 Å². The number of anilines is 2. The number of aliphatic imine (C=N–C) groups is 2. The Bertz CT molecular complexity index is 1370. The van der Waals surface area contributed by atoms with Crippen molar-refractivity contribution in [2.75, 3.05) is 16.8 Å². The Labute approximate surface area is 216 Å². The largest absolute Gasteiger partial charge is 0.301 e. The summed E-state index contributed by atoms with van der Waals surface area (Å²) in [5, 5.41) is 0. The van der Waals surface area contributed by atoms with Crippen molar-refractivity contribution < 1.29 is 0 Å². The molecule has 0 bridgehead atoms. The maximum atomic E-state index is 5.16. The molecular weight excluding hydrogens is 440 g/mol. The maximum Gasteiger partial charge on any atom is 0.173 e. The molecule has 0 spiro atoms. The predicted molar refractivity (Wildman–Crippen MR) is 155 cm³/mol. The van der Waals surface area contributed by atoms with E-state index < -0.39 is 0 Å². The van der Waals surface area contributed by atoms with Crippen molar-refractivity contribution in [3.63, 3.8) is 0 Å². The fourth-order valence-corrected chi connectivity index (χ4v) is 6.22. The zero-order chi connectivity index (χ0) is 25.9. The van der Waals surface area contributed by atoms with Crippen LogP contribution in [0.1, 0.15) is 55.5 Å². The van der Waals surface area contributed by atoms with E-state index >= 15 is 0 Å². The minimum Gasteiger partial charge on any atom is -0.301 e. The first-order valence-corrected chi connectivity index (χ1v) is 13.0. The van der Waals surface area contributed by atoms with E-state index in [1.165, 1.54) is 50.3 Å². The minimum atomic E-state index is -0.142. The summed E-state index contributed by atoms with van der Waals surface area (Å²) in [7, 11) is 1.89. The van der Waals surface area contributed by atoms with Crippen molar-refractivity contribution in [2.24, 2.45) is 9.98 Å². The van der Waals surface area contributed by atoms with Crippen LogP contribution in [0, 0.1) is 27.7 Å². The molecule has 0 saturated carbocycles. The van der Waals surface area contributed by atoms with Crippen LogP contribution < -0.4 is 9.80 Å². The summed E-state index contributed by atoms with van der Waals surface area (Å²) in [6, 6.07) is 20.5. The molecule has 0 aliphatic carbocycles. The van der Waals surface area contributed by atoms with E-state index in [9.17, 15) is 0 Å². The zero-order valence-electron chi connectivity index (χ0n) is 23.1. The molecule has 36 heavy (non-hydrogen) atoms. The first-order chi connectivity index (χ1) is 17.0. The first kappa shape index (κ1) is 24.3. The molecule has 5 rings (SSSR count). The number of hydrogen-bond acceptors (Lipinski definition) is 2. The smallest absolute Gasteiger partial charge is 0.173 e. The Kier molecular flexibility index (Phi) is 5.82. The molecule has 3 aromatic carbocycles. The average molecular weight is 479 g/mol. The second-order valence-electron chi connectivity index (χ2n) is 11.3. The number of aryl methyl sites for hydroxylation is 4. The molecule has 186 valence electrons. The molecule has 1 saturated heterocycles. The average Bonchev–Trinajstić information content (AvgIpc) is 3.23. The molecular formula is C32H38N4. The first-order valence-electron chi connectivity index (χ1n) is 13.0. The molecule has 0 aromatic heterocycles. The molecule has 0 amide bonds. The highest BCUT2D eigenvalue weighted by molar-refractivity contribution is 6.53. The maximum absolute atomic E-state index is 5.16. The number of rotatable bonds is 3.